The molecule has 2 aromatic rings. The fraction of sp³-hybridized carbons (Fsp3) is 0.167. The molecule has 0 bridgehead atoms. The average Bonchev–Trinajstić information content (AvgIpc) is 2.31. The summed E-state index contributed by atoms with van der Waals surface area (Å²) in [6.07, 6.45) is 2.70. The number of aromatic nitrogens is 2. The molecule has 0 aliphatic heterocycles. The van der Waals surface area contributed by atoms with Crippen molar-refractivity contribution < 1.29 is 0 Å². The molecule has 76 valence electrons. The van der Waals surface area contributed by atoms with Crippen molar-refractivity contribution in [3.63, 3.8) is 0 Å². The molecule has 3 nitrogen and oxygen atoms in total. The van der Waals surface area contributed by atoms with E-state index in [0.29, 0.717) is 0 Å². The number of aryl methyl sites for hydroxylation is 1. The summed E-state index contributed by atoms with van der Waals surface area (Å²) < 4.78 is 0. The first-order valence-electron chi connectivity index (χ1n) is 5.02. The third-order valence-electron chi connectivity index (χ3n) is 2.09. The van der Waals surface area contributed by atoms with E-state index in [1.807, 2.05) is 36.4 Å². The lowest BCUT2D eigenvalue weighted by Crippen LogP contribution is -1.97. The second-order valence-electron chi connectivity index (χ2n) is 3.21. The topological polar surface area (TPSA) is 37.8 Å². The van der Waals surface area contributed by atoms with Gasteiger partial charge in [0.05, 0.1) is 0 Å². The van der Waals surface area contributed by atoms with Crippen molar-refractivity contribution in [2.45, 2.75) is 13.3 Å². The Morgan fingerprint density at radius 2 is 1.93 bits per heavy atom. The van der Waals surface area contributed by atoms with Crippen molar-refractivity contribution in [1.29, 1.82) is 0 Å². The standard InChI is InChI=1S/C12H13N3/c1-2-10-6-5-8-12(14-10)15-11-7-3-4-9-13-11/h3-9H,2H2,1H3,(H,13,14,15). The zero-order valence-corrected chi connectivity index (χ0v) is 8.64. The lowest BCUT2D eigenvalue weighted by Gasteiger charge is -2.05. The van der Waals surface area contributed by atoms with Crippen molar-refractivity contribution in [3.05, 3.63) is 48.3 Å². The van der Waals surface area contributed by atoms with Crippen LogP contribution < -0.4 is 5.32 Å². The Kier molecular flexibility index (Phi) is 2.93. The van der Waals surface area contributed by atoms with Crippen LogP contribution in [0.2, 0.25) is 0 Å². The molecular formula is C12H13N3. The fourth-order valence-electron chi connectivity index (χ4n) is 1.31. The first-order chi connectivity index (χ1) is 7.38. The van der Waals surface area contributed by atoms with Crippen LogP contribution in [0.5, 0.6) is 0 Å². The van der Waals surface area contributed by atoms with Crippen molar-refractivity contribution >= 4 is 11.6 Å². The molecular weight excluding hydrogens is 186 g/mol. The maximum atomic E-state index is 4.44. The van der Waals surface area contributed by atoms with E-state index in [-0.39, 0.29) is 0 Å². The summed E-state index contributed by atoms with van der Waals surface area (Å²) >= 11 is 0. The maximum Gasteiger partial charge on any atom is 0.131 e. The monoisotopic (exact) mass is 199 g/mol. The van der Waals surface area contributed by atoms with Gasteiger partial charge in [-0.3, -0.25) is 0 Å². The minimum absolute atomic E-state index is 0.818. The molecule has 0 saturated heterocycles. The smallest absolute Gasteiger partial charge is 0.131 e. The number of nitrogens with one attached hydrogen (secondary N) is 1. The fourth-order valence-corrected chi connectivity index (χ4v) is 1.31. The summed E-state index contributed by atoms with van der Waals surface area (Å²) in [5, 5.41) is 3.16. The van der Waals surface area contributed by atoms with Gasteiger partial charge in [0.25, 0.3) is 0 Å². The molecule has 0 atom stereocenters. The van der Waals surface area contributed by atoms with E-state index >= 15 is 0 Å². The first kappa shape index (κ1) is 9.65. The van der Waals surface area contributed by atoms with Crippen LogP contribution in [0.15, 0.2) is 42.6 Å². The lowest BCUT2D eigenvalue weighted by atomic mass is 10.3. The Bertz CT molecular complexity index is 426. The minimum Gasteiger partial charge on any atom is -0.325 e. The Morgan fingerprint density at radius 3 is 2.67 bits per heavy atom. The zero-order chi connectivity index (χ0) is 10.5. The number of rotatable bonds is 3. The second kappa shape index (κ2) is 4.55. The van der Waals surface area contributed by atoms with Crippen LogP contribution in [0.1, 0.15) is 12.6 Å². The van der Waals surface area contributed by atoms with Gasteiger partial charge in [0.15, 0.2) is 0 Å². The molecule has 0 saturated carbocycles. The Labute approximate surface area is 89.2 Å². The number of hydrogen-bond donors (Lipinski definition) is 1. The highest BCUT2D eigenvalue weighted by Gasteiger charge is 1.96. The maximum absolute atomic E-state index is 4.44. The highest BCUT2D eigenvalue weighted by Crippen LogP contribution is 2.11. The molecule has 0 radical (unpaired) electrons. The van der Waals surface area contributed by atoms with Gasteiger partial charge in [0.1, 0.15) is 11.6 Å². The van der Waals surface area contributed by atoms with E-state index in [0.717, 1.165) is 23.8 Å². The summed E-state index contributed by atoms with van der Waals surface area (Å²) in [4.78, 5) is 8.61. The zero-order valence-electron chi connectivity index (χ0n) is 8.64. The van der Waals surface area contributed by atoms with E-state index in [9.17, 15) is 0 Å². The number of nitrogens with zero attached hydrogens (tertiary/aromatic N) is 2. The Morgan fingerprint density at radius 1 is 1.07 bits per heavy atom. The third kappa shape index (κ3) is 2.53. The Balaban J connectivity index is 2.17. The Hall–Kier alpha value is -1.90. The van der Waals surface area contributed by atoms with E-state index in [1.54, 1.807) is 6.20 Å². The average molecular weight is 199 g/mol. The normalized spacial score (nSPS) is 9.93. The van der Waals surface area contributed by atoms with Gasteiger partial charge >= 0.3 is 0 Å². The van der Waals surface area contributed by atoms with Gasteiger partial charge in [-0.05, 0) is 30.7 Å². The van der Waals surface area contributed by atoms with Crippen LogP contribution in [0.3, 0.4) is 0 Å². The van der Waals surface area contributed by atoms with E-state index in [2.05, 4.69) is 22.2 Å². The predicted molar refractivity (Wildman–Crippen MR) is 61.1 cm³/mol. The summed E-state index contributed by atoms with van der Waals surface area (Å²) in [5.74, 6) is 1.66. The molecule has 0 unspecified atom stereocenters. The summed E-state index contributed by atoms with van der Waals surface area (Å²) in [6.45, 7) is 2.09. The van der Waals surface area contributed by atoms with Gasteiger partial charge < -0.3 is 5.32 Å². The van der Waals surface area contributed by atoms with Crippen molar-refractivity contribution in [3.8, 4) is 0 Å². The van der Waals surface area contributed by atoms with Crippen LogP contribution >= 0.6 is 0 Å². The molecule has 15 heavy (non-hydrogen) atoms. The minimum atomic E-state index is 0.818. The van der Waals surface area contributed by atoms with E-state index in [1.165, 1.54) is 0 Å². The highest BCUT2D eigenvalue weighted by atomic mass is 15.0. The summed E-state index contributed by atoms with van der Waals surface area (Å²) in [5.41, 5.74) is 1.08. The quantitative estimate of drug-likeness (QED) is 0.826. The first-order valence-corrected chi connectivity index (χ1v) is 5.02. The van der Waals surface area contributed by atoms with Crippen LogP contribution in [0.25, 0.3) is 0 Å². The van der Waals surface area contributed by atoms with Crippen molar-refractivity contribution in [2.24, 2.45) is 0 Å². The number of anilines is 2. The molecule has 2 aromatic heterocycles. The summed E-state index contributed by atoms with van der Waals surface area (Å²) in [6, 6.07) is 11.7. The van der Waals surface area contributed by atoms with Gasteiger partial charge in [-0.25, -0.2) is 9.97 Å². The molecule has 0 aromatic carbocycles. The molecule has 0 aliphatic carbocycles. The van der Waals surface area contributed by atoms with Crippen molar-refractivity contribution in [1.82, 2.24) is 9.97 Å². The highest BCUT2D eigenvalue weighted by molar-refractivity contribution is 5.51. The van der Waals surface area contributed by atoms with Gasteiger partial charge in [-0.1, -0.05) is 19.1 Å². The molecule has 0 fully saturated rings. The van der Waals surface area contributed by atoms with E-state index < -0.39 is 0 Å². The van der Waals surface area contributed by atoms with Crippen LogP contribution in [-0.4, -0.2) is 9.97 Å². The van der Waals surface area contributed by atoms with E-state index in [4.69, 9.17) is 0 Å². The number of hydrogen-bond acceptors (Lipinski definition) is 3. The largest absolute Gasteiger partial charge is 0.325 e. The second-order valence-corrected chi connectivity index (χ2v) is 3.21. The van der Waals surface area contributed by atoms with Gasteiger partial charge in [0, 0.05) is 11.9 Å². The van der Waals surface area contributed by atoms with Gasteiger partial charge in [-0.2, -0.15) is 0 Å². The van der Waals surface area contributed by atoms with Gasteiger partial charge in [0.2, 0.25) is 0 Å². The van der Waals surface area contributed by atoms with Crippen LogP contribution in [0.4, 0.5) is 11.6 Å². The molecule has 1 N–H and O–H groups in total. The van der Waals surface area contributed by atoms with Crippen LogP contribution in [-0.2, 0) is 6.42 Å². The number of pyridine rings is 2. The molecule has 0 spiro atoms. The molecule has 2 heterocycles. The van der Waals surface area contributed by atoms with Crippen molar-refractivity contribution in [2.75, 3.05) is 5.32 Å². The predicted octanol–water partition coefficient (Wildman–Crippen LogP) is 2.78. The third-order valence-corrected chi connectivity index (χ3v) is 2.09. The molecule has 0 amide bonds. The molecule has 3 heteroatoms. The SMILES string of the molecule is CCc1cccc(Nc2ccccn2)n1. The molecule has 2 rings (SSSR count). The van der Waals surface area contributed by atoms with Crippen LogP contribution in [0, 0.1) is 0 Å². The molecule has 0 aliphatic rings. The van der Waals surface area contributed by atoms with Gasteiger partial charge in [-0.15, -0.1) is 0 Å². The summed E-state index contributed by atoms with van der Waals surface area (Å²) in [7, 11) is 0. The lowest BCUT2D eigenvalue weighted by molar-refractivity contribution is 1.04.